The topological polar surface area (TPSA) is 51.4 Å². The van der Waals surface area contributed by atoms with Crippen LogP contribution in [0.2, 0.25) is 0 Å². The molecule has 2 N–H and O–H groups in total. The zero-order valence-corrected chi connectivity index (χ0v) is 9.94. The molecule has 0 aromatic carbocycles. The second kappa shape index (κ2) is 4.60. The van der Waals surface area contributed by atoms with Gasteiger partial charge < -0.3 is 15.4 Å². The third-order valence-electron chi connectivity index (χ3n) is 2.78. The highest BCUT2D eigenvalue weighted by atomic mass is 16.5. The number of anilines is 2. The average Bonchev–Trinajstić information content (AvgIpc) is 3.05. The summed E-state index contributed by atoms with van der Waals surface area (Å²) in [5.74, 6) is 2.33. The molecule has 0 atom stereocenters. The molecule has 1 aliphatic rings. The highest BCUT2D eigenvalue weighted by molar-refractivity contribution is 5.54. The van der Waals surface area contributed by atoms with Crippen molar-refractivity contribution in [3.05, 3.63) is 12.1 Å². The molecule has 0 radical (unpaired) electrons. The van der Waals surface area contributed by atoms with E-state index in [9.17, 15) is 0 Å². The summed E-state index contributed by atoms with van der Waals surface area (Å²) in [5, 5.41) is 0. The number of hydrogen-bond acceptors (Lipinski definition) is 4. The normalized spacial score (nSPS) is 14.9. The molecule has 2 rings (SSSR count). The van der Waals surface area contributed by atoms with Crippen molar-refractivity contribution in [3.8, 4) is 5.88 Å². The van der Waals surface area contributed by atoms with E-state index in [-0.39, 0.29) is 0 Å². The van der Waals surface area contributed by atoms with Gasteiger partial charge in [-0.15, -0.1) is 0 Å². The first-order valence-corrected chi connectivity index (χ1v) is 5.81. The second-order valence-electron chi connectivity index (χ2n) is 4.32. The third-order valence-corrected chi connectivity index (χ3v) is 2.78. The molecule has 0 aliphatic heterocycles. The maximum Gasteiger partial charge on any atom is 0.239 e. The Morgan fingerprint density at radius 2 is 2.25 bits per heavy atom. The minimum Gasteiger partial charge on any atom is -0.476 e. The SMILES string of the molecule is CCOc1nc(N(C)CC2CC2)ccc1N. The summed E-state index contributed by atoms with van der Waals surface area (Å²) in [5.41, 5.74) is 6.39. The summed E-state index contributed by atoms with van der Waals surface area (Å²) in [6, 6.07) is 3.80. The number of ether oxygens (including phenoxy) is 1. The lowest BCUT2D eigenvalue weighted by molar-refractivity contribution is 0.329. The number of nitrogens with two attached hydrogens (primary N) is 1. The minimum atomic E-state index is 0.544. The Balaban J connectivity index is 2.10. The molecule has 16 heavy (non-hydrogen) atoms. The number of nitrogen functional groups attached to an aromatic ring is 1. The van der Waals surface area contributed by atoms with Crippen LogP contribution < -0.4 is 15.4 Å². The van der Waals surface area contributed by atoms with Gasteiger partial charge in [-0.05, 0) is 37.8 Å². The van der Waals surface area contributed by atoms with E-state index in [1.165, 1.54) is 12.8 Å². The molecule has 1 heterocycles. The van der Waals surface area contributed by atoms with Crippen LogP contribution in [0.5, 0.6) is 5.88 Å². The fraction of sp³-hybridized carbons (Fsp3) is 0.583. The molecule has 0 spiro atoms. The summed E-state index contributed by atoms with van der Waals surface area (Å²) in [7, 11) is 2.06. The van der Waals surface area contributed by atoms with Gasteiger partial charge in [0, 0.05) is 13.6 Å². The van der Waals surface area contributed by atoms with Crippen LogP contribution in [0.4, 0.5) is 11.5 Å². The monoisotopic (exact) mass is 221 g/mol. The summed E-state index contributed by atoms with van der Waals surface area (Å²) in [4.78, 5) is 6.59. The van der Waals surface area contributed by atoms with E-state index < -0.39 is 0 Å². The molecule has 4 heteroatoms. The van der Waals surface area contributed by atoms with Crippen LogP contribution in [0.1, 0.15) is 19.8 Å². The fourth-order valence-corrected chi connectivity index (χ4v) is 1.69. The van der Waals surface area contributed by atoms with Gasteiger partial charge in [-0.2, -0.15) is 4.98 Å². The Kier molecular flexibility index (Phi) is 3.17. The molecule has 0 saturated heterocycles. The number of nitrogens with zero attached hydrogens (tertiary/aromatic N) is 2. The Morgan fingerprint density at radius 1 is 1.50 bits per heavy atom. The smallest absolute Gasteiger partial charge is 0.239 e. The largest absolute Gasteiger partial charge is 0.476 e. The Morgan fingerprint density at radius 3 is 2.88 bits per heavy atom. The lowest BCUT2D eigenvalue weighted by atomic mass is 10.3. The van der Waals surface area contributed by atoms with Gasteiger partial charge in [0.1, 0.15) is 5.82 Å². The third kappa shape index (κ3) is 2.56. The van der Waals surface area contributed by atoms with E-state index in [0.717, 1.165) is 18.3 Å². The maximum absolute atomic E-state index is 5.78. The first-order valence-electron chi connectivity index (χ1n) is 5.81. The van der Waals surface area contributed by atoms with Crippen LogP contribution in [0.3, 0.4) is 0 Å². The quantitative estimate of drug-likeness (QED) is 0.825. The number of hydrogen-bond donors (Lipinski definition) is 1. The van der Waals surface area contributed by atoms with Gasteiger partial charge in [-0.3, -0.25) is 0 Å². The molecule has 0 bridgehead atoms. The van der Waals surface area contributed by atoms with Gasteiger partial charge in [0.05, 0.1) is 12.3 Å². The van der Waals surface area contributed by atoms with Gasteiger partial charge in [0.25, 0.3) is 0 Å². The summed E-state index contributed by atoms with van der Waals surface area (Å²) in [6.07, 6.45) is 2.69. The second-order valence-corrected chi connectivity index (χ2v) is 4.32. The van der Waals surface area contributed by atoms with E-state index in [2.05, 4.69) is 16.9 Å². The van der Waals surface area contributed by atoms with E-state index in [1.54, 1.807) is 0 Å². The zero-order valence-electron chi connectivity index (χ0n) is 9.94. The van der Waals surface area contributed by atoms with Crippen molar-refractivity contribution in [2.45, 2.75) is 19.8 Å². The molecular weight excluding hydrogens is 202 g/mol. The Labute approximate surface area is 96.4 Å². The lowest BCUT2D eigenvalue weighted by Gasteiger charge is -2.18. The van der Waals surface area contributed by atoms with E-state index in [0.29, 0.717) is 18.2 Å². The molecule has 88 valence electrons. The van der Waals surface area contributed by atoms with Gasteiger partial charge in [0.2, 0.25) is 5.88 Å². The Hall–Kier alpha value is -1.45. The molecule has 4 nitrogen and oxygen atoms in total. The Bertz CT molecular complexity index is 363. The highest BCUT2D eigenvalue weighted by Crippen LogP contribution is 2.31. The average molecular weight is 221 g/mol. The van der Waals surface area contributed by atoms with Crippen LogP contribution in [-0.4, -0.2) is 25.2 Å². The molecule has 1 aliphatic carbocycles. The minimum absolute atomic E-state index is 0.544. The van der Waals surface area contributed by atoms with Gasteiger partial charge in [-0.25, -0.2) is 0 Å². The molecule has 1 fully saturated rings. The fourth-order valence-electron chi connectivity index (χ4n) is 1.69. The first kappa shape index (κ1) is 11.0. The van der Waals surface area contributed by atoms with Gasteiger partial charge in [-0.1, -0.05) is 0 Å². The molecule has 1 saturated carbocycles. The van der Waals surface area contributed by atoms with Crippen LogP contribution in [0, 0.1) is 5.92 Å². The van der Waals surface area contributed by atoms with Crippen molar-refractivity contribution >= 4 is 11.5 Å². The molecule has 1 aromatic rings. The van der Waals surface area contributed by atoms with Crippen molar-refractivity contribution in [1.82, 2.24) is 4.98 Å². The van der Waals surface area contributed by atoms with Crippen LogP contribution in [-0.2, 0) is 0 Å². The van der Waals surface area contributed by atoms with Crippen molar-refractivity contribution in [2.75, 3.05) is 30.8 Å². The van der Waals surface area contributed by atoms with E-state index >= 15 is 0 Å². The summed E-state index contributed by atoms with van der Waals surface area (Å²) >= 11 is 0. The van der Waals surface area contributed by atoms with Gasteiger partial charge in [0.15, 0.2) is 0 Å². The molecular formula is C12H19N3O. The van der Waals surface area contributed by atoms with Crippen molar-refractivity contribution in [2.24, 2.45) is 5.92 Å². The maximum atomic E-state index is 5.78. The lowest BCUT2D eigenvalue weighted by Crippen LogP contribution is -2.21. The molecule has 0 amide bonds. The standard InChI is InChI=1S/C12H19N3O/c1-3-16-12-10(13)6-7-11(14-12)15(2)8-9-4-5-9/h6-7,9H,3-5,8,13H2,1-2H3. The van der Waals surface area contributed by atoms with Crippen molar-refractivity contribution < 1.29 is 4.74 Å². The molecule has 1 aromatic heterocycles. The predicted molar refractivity (Wildman–Crippen MR) is 65.8 cm³/mol. The van der Waals surface area contributed by atoms with Crippen LogP contribution in [0.15, 0.2) is 12.1 Å². The van der Waals surface area contributed by atoms with E-state index in [4.69, 9.17) is 10.5 Å². The zero-order chi connectivity index (χ0) is 11.5. The number of aromatic nitrogens is 1. The van der Waals surface area contributed by atoms with E-state index in [1.807, 2.05) is 19.1 Å². The number of rotatable bonds is 5. The summed E-state index contributed by atoms with van der Waals surface area (Å²) < 4.78 is 5.39. The summed E-state index contributed by atoms with van der Waals surface area (Å²) in [6.45, 7) is 3.59. The number of pyridine rings is 1. The first-order chi connectivity index (χ1) is 7.70. The van der Waals surface area contributed by atoms with Crippen molar-refractivity contribution in [3.63, 3.8) is 0 Å². The molecule has 0 unspecified atom stereocenters. The van der Waals surface area contributed by atoms with Crippen LogP contribution >= 0.6 is 0 Å². The highest BCUT2D eigenvalue weighted by Gasteiger charge is 2.23. The predicted octanol–water partition coefficient (Wildman–Crippen LogP) is 1.91. The van der Waals surface area contributed by atoms with Crippen molar-refractivity contribution in [1.29, 1.82) is 0 Å². The van der Waals surface area contributed by atoms with Crippen LogP contribution in [0.25, 0.3) is 0 Å². The van der Waals surface area contributed by atoms with Gasteiger partial charge >= 0.3 is 0 Å².